The zero-order valence-electron chi connectivity index (χ0n) is 9.24. The van der Waals surface area contributed by atoms with Gasteiger partial charge < -0.3 is 9.84 Å². The summed E-state index contributed by atoms with van der Waals surface area (Å²) >= 11 is 0. The Labute approximate surface area is 90.2 Å². The van der Waals surface area contributed by atoms with Gasteiger partial charge in [-0.05, 0) is 32.7 Å². The minimum absolute atomic E-state index is 0.529. The molecule has 0 bridgehead atoms. The molecule has 0 spiro atoms. The largest absolute Gasteiger partial charge is 0.481 e. The van der Waals surface area contributed by atoms with E-state index < -0.39 is 11.4 Å². The molecule has 2 aliphatic heterocycles. The SMILES string of the molecule is CC1(C(=O)O)CCN(C2CCOCC2)C1. The molecule has 0 aromatic heterocycles. The molecule has 2 aliphatic rings. The molecule has 0 aliphatic carbocycles. The summed E-state index contributed by atoms with van der Waals surface area (Å²) in [4.78, 5) is 13.4. The quantitative estimate of drug-likeness (QED) is 0.742. The average Bonchev–Trinajstić information content (AvgIpc) is 2.64. The zero-order valence-corrected chi connectivity index (χ0v) is 9.24. The van der Waals surface area contributed by atoms with Crippen molar-refractivity contribution in [3.63, 3.8) is 0 Å². The first-order chi connectivity index (χ1) is 7.12. The second kappa shape index (κ2) is 4.10. The first-order valence-electron chi connectivity index (χ1n) is 5.67. The molecule has 1 N–H and O–H groups in total. The second-order valence-electron chi connectivity index (χ2n) is 4.93. The number of carboxylic acids is 1. The highest BCUT2D eigenvalue weighted by molar-refractivity contribution is 5.74. The third-order valence-electron chi connectivity index (χ3n) is 3.73. The lowest BCUT2D eigenvalue weighted by Gasteiger charge is -2.31. The molecule has 4 nitrogen and oxygen atoms in total. The minimum Gasteiger partial charge on any atom is -0.481 e. The molecule has 0 aromatic rings. The maximum atomic E-state index is 11.1. The van der Waals surface area contributed by atoms with Crippen molar-refractivity contribution in [1.82, 2.24) is 4.90 Å². The average molecular weight is 213 g/mol. The molecule has 1 atom stereocenters. The van der Waals surface area contributed by atoms with Crippen LogP contribution in [0.2, 0.25) is 0 Å². The third-order valence-corrected chi connectivity index (χ3v) is 3.73. The van der Waals surface area contributed by atoms with Gasteiger partial charge in [0, 0.05) is 25.8 Å². The van der Waals surface area contributed by atoms with Gasteiger partial charge >= 0.3 is 5.97 Å². The van der Waals surface area contributed by atoms with Crippen LogP contribution in [0.3, 0.4) is 0 Å². The molecule has 1 unspecified atom stereocenters. The molecule has 2 fully saturated rings. The van der Waals surface area contributed by atoms with Crippen LogP contribution in [0.4, 0.5) is 0 Å². The van der Waals surface area contributed by atoms with E-state index in [1.807, 2.05) is 6.92 Å². The van der Waals surface area contributed by atoms with Crippen molar-refractivity contribution in [3.05, 3.63) is 0 Å². The number of nitrogens with zero attached hydrogens (tertiary/aromatic N) is 1. The van der Waals surface area contributed by atoms with Crippen molar-refractivity contribution in [3.8, 4) is 0 Å². The highest BCUT2D eigenvalue weighted by Gasteiger charge is 2.42. The van der Waals surface area contributed by atoms with E-state index in [1.165, 1.54) is 0 Å². The van der Waals surface area contributed by atoms with Gasteiger partial charge in [0.1, 0.15) is 0 Å². The zero-order chi connectivity index (χ0) is 10.9. The van der Waals surface area contributed by atoms with E-state index in [2.05, 4.69) is 4.90 Å². The Morgan fingerprint density at radius 2 is 2.13 bits per heavy atom. The summed E-state index contributed by atoms with van der Waals surface area (Å²) in [6.45, 7) is 5.13. The topological polar surface area (TPSA) is 49.8 Å². The molecule has 86 valence electrons. The summed E-state index contributed by atoms with van der Waals surface area (Å²) in [5.41, 5.74) is -0.529. The molecule has 2 heterocycles. The number of likely N-dealkylation sites (tertiary alicyclic amines) is 1. The van der Waals surface area contributed by atoms with Crippen LogP contribution in [0.25, 0.3) is 0 Å². The van der Waals surface area contributed by atoms with Crippen molar-refractivity contribution < 1.29 is 14.6 Å². The number of hydrogen-bond acceptors (Lipinski definition) is 3. The van der Waals surface area contributed by atoms with Gasteiger partial charge in [0.05, 0.1) is 5.41 Å². The van der Waals surface area contributed by atoms with Crippen LogP contribution in [-0.2, 0) is 9.53 Å². The fraction of sp³-hybridized carbons (Fsp3) is 0.909. The summed E-state index contributed by atoms with van der Waals surface area (Å²) in [5, 5.41) is 9.14. The molecule has 2 rings (SSSR count). The maximum Gasteiger partial charge on any atom is 0.310 e. The van der Waals surface area contributed by atoms with Crippen LogP contribution in [-0.4, -0.2) is 48.3 Å². The van der Waals surface area contributed by atoms with E-state index in [4.69, 9.17) is 9.84 Å². The van der Waals surface area contributed by atoms with E-state index in [-0.39, 0.29) is 0 Å². The van der Waals surface area contributed by atoms with Crippen LogP contribution >= 0.6 is 0 Å². The fourth-order valence-electron chi connectivity index (χ4n) is 2.53. The van der Waals surface area contributed by atoms with E-state index in [9.17, 15) is 4.79 Å². The Balaban J connectivity index is 1.94. The van der Waals surface area contributed by atoms with Crippen LogP contribution in [0.15, 0.2) is 0 Å². The Kier molecular flexibility index (Phi) is 2.98. The Morgan fingerprint density at radius 1 is 1.47 bits per heavy atom. The van der Waals surface area contributed by atoms with Gasteiger partial charge in [-0.2, -0.15) is 0 Å². The van der Waals surface area contributed by atoms with Crippen LogP contribution < -0.4 is 0 Å². The van der Waals surface area contributed by atoms with Gasteiger partial charge in [0.2, 0.25) is 0 Å². The minimum atomic E-state index is -0.656. The summed E-state index contributed by atoms with van der Waals surface area (Å²) in [5.74, 6) is -0.656. The lowest BCUT2D eigenvalue weighted by atomic mass is 9.90. The second-order valence-corrected chi connectivity index (χ2v) is 4.93. The van der Waals surface area contributed by atoms with E-state index in [1.54, 1.807) is 0 Å². The van der Waals surface area contributed by atoms with Crippen molar-refractivity contribution in [2.45, 2.75) is 32.2 Å². The Hall–Kier alpha value is -0.610. The summed E-state index contributed by atoms with van der Waals surface area (Å²) in [6, 6.07) is 0.542. The van der Waals surface area contributed by atoms with E-state index in [0.29, 0.717) is 12.6 Å². The first kappa shape index (κ1) is 10.9. The summed E-state index contributed by atoms with van der Waals surface area (Å²) < 4.78 is 5.32. The monoisotopic (exact) mass is 213 g/mol. The number of ether oxygens (including phenoxy) is 1. The molecule has 0 radical (unpaired) electrons. The third kappa shape index (κ3) is 2.16. The molecule has 0 aromatic carbocycles. The van der Waals surface area contributed by atoms with Gasteiger partial charge in [-0.1, -0.05) is 0 Å². The molecule has 15 heavy (non-hydrogen) atoms. The molecular formula is C11H19NO3. The van der Waals surface area contributed by atoms with Crippen molar-refractivity contribution >= 4 is 5.97 Å². The maximum absolute atomic E-state index is 11.1. The van der Waals surface area contributed by atoms with Crippen molar-refractivity contribution in [2.24, 2.45) is 5.41 Å². The van der Waals surface area contributed by atoms with Crippen LogP contribution in [0.1, 0.15) is 26.2 Å². The summed E-state index contributed by atoms with van der Waals surface area (Å²) in [6.07, 6.45) is 2.88. The molecule has 4 heteroatoms. The van der Waals surface area contributed by atoms with Gasteiger partial charge in [-0.25, -0.2) is 0 Å². The lowest BCUT2D eigenvalue weighted by molar-refractivity contribution is -0.147. The van der Waals surface area contributed by atoms with Crippen molar-refractivity contribution in [2.75, 3.05) is 26.3 Å². The Bertz CT molecular complexity index is 250. The number of carbonyl (C=O) groups is 1. The Morgan fingerprint density at radius 3 is 2.67 bits per heavy atom. The molecular weight excluding hydrogens is 194 g/mol. The predicted molar refractivity (Wildman–Crippen MR) is 55.8 cm³/mol. The lowest BCUT2D eigenvalue weighted by Crippen LogP contribution is -2.40. The van der Waals surface area contributed by atoms with Crippen LogP contribution in [0, 0.1) is 5.41 Å². The predicted octanol–water partition coefficient (Wildman–Crippen LogP) is 0.962. The smallest absolute Gasteiger partial charge is 0.310 e. The number of hydrogen-bond donors (Lipinski definition) is 1. The molecule has 2 saturated heterocycles. The first-order valence-corrected chi connectivity index (χ1v) is 5.67. The highest BCUT2D eigenvalue weighted by Crippen LogP contribution is 2.33. The fourth-order valence-corrected chi connectivity index (χ4v) is 2.53. The highest BCUT2D eigenvalue weighted by atomic mass is 16.5. The van der Waals surface area contributed by atoms with Gasteiger partial charge in [0.15, 0.2) is 0 Å². The number of carboxylic acid groups (broad SMARTS) is 1. The standard InChI is InChI=1S/C11H19NO3/c1-11(10(13)14)4-5-12(8-11)9-2-6-15-7-3-9/h9H,2-8H2,1H3,(H,13,14). The van der Waals surface area contributed by atoms with E-state index in [0.717, 1.165) is 39.0 Å². The van der Waals surface area contributed by atoms with Gasteiger partial charge in [0.25, 0.3) is 0 Å². The number of aliphatic carboxylic acids is 1. The molecule has 0 amide bonds. The van der Waals surface area contributed by atoms with E-state index >= 15 is 0 Å². The van der Waals surface area contributed by atoms with Gasteiger partial charge in [-0.15, -0.1) is 0 Å². The van der Waals surface area contributed by atoms with Gasteiger partial charge in [-0.3, -0.25) is 9.69 Å². The number of rotatable bonds is 2. The van der Waals surface area contributed by atoms with Crippen LogP contribution in [0.5, 0.6) is 0 Å². The summed E-state index contributed by atoms with van der Waals surface area (Å²) in [7, 11) is 0. The molecule has 0 saturated carbocycles. The van der Waals surface area contributed by atoms with Crippen molar-refractivity contribution in [1.29, 1.82) is 0 Å². The normalized spacial score (nSPS) is 34.5.